The summed E-state index contributed by atoms with van der Waals surface area (Å²) in [5, 5.41) is 7.03. The van der Waals surface area contributed by atoms with Gasteiger partial charge in [0.05, 0.1) is 12.0 Å². The standard InChI is InChI=1S/C18H24ClN3O2.ClH/c1-22-16(23)9-15(17(22)13-5-2-6-14(19)8-13)18(24)21-11-12-4-3-7-20-10-12;/h2,5-6,8,12,15,17,20H,3-4,7,9-11H2,1H3,(H,21,24);1H. The molecular formula is C18H25Cl2N3O2. The van der Waals surface area contributed by atoms with Crippen molar-refractivity contribution in [2.45, 2.75) is 25.3 Å². The molecule has 2 N–H and O–H groups in total. The Kier molecular flexibility index (Phi) is 7.11. The van der Waals surface area contributed by atoms with E-state index in [9.17, 15) is 9.59 Å². The Labute approximate surface area is 159 Å². The van der Waals surface area contributed by atoms with Crippen LogP contribution in [-0.4, -0.2) is 43.4 Å². The van der Waals surface area contributed by atoms with Gasteiger partial charge in [0.25, 0.3) is 0 Å². The molecule has 2 fully saturated rings. The van der Waals surface area contributed by atoms with E-state index in [1.807, 2.05) is 18.2 Å². The average Bonchev–Trinajstić information content (AvgIpc) is 2.89. The highest BCUT2D eigenvalue weighted by atomic mass is 35.5. The number of nitrogens with one attached hydrogen (secondary N) is 2. The van der Waals surface area contributed by atoms with E-state index in [2.05, 4.69) is 10.6 Å². The van der Waals surface area contributed by atoms with Gasteiger partial charge in [-0.2, -0.15) is 0 Å². The molecular weight excluding hydrogens is 361 g/mol. The van der Waals surface area contributed by atoms with E-state index in [1.165, 1.54) is 0 Å². The van der Waals surface area contributed by atoms with Crippen LogP contribution in [0.5, 0.6) is 0 Å². The first-order valence-corrected chi connectivity index (χ1v) is 8.93. The molecule has 5 nitrogen and oxygen atoms in total. The van der Waals surface area contributed by atoms with Crippen LogP contribution >= 0.6 is 24.0 Å². The van der Waals surface area contributed by atoms with Crippen molar-refractivity contribution in [1.29, 1.82) is 0 Å². The number of piperidine rings is 1. The molecule has 1 aromatic rings. The number of hydrogen-bond acceptors (Lipinski definition) is 3. The summed E-state index contributed by atoms with van der Waals surface area (Å²) in [7, 11) is 1.76. The van der Waals surface area contributed by atoms with Gasteiger partial charge in [-0.15, -0.1) is 12.4 Å². The van der Waals surface area contributed by atoms with Gasteiger partial charge < -0.3 is 15.5 Å². The Morgan fingerprint density at radius 2 is 2.24 bits per heavy atom. The molecule has 1 aromatic carbocycles. The Morgan fingerprint density at radius 1 is 1.44 bits per heavy atom. The predicted octanol–water partition coefficient (Wildman–Crippen LogP) is 2.40. The molecule has 0 aliphatic carbocycles. The van der Waals surface area contributed by atoms with E-state index >= 15 is 0 Å². The maximum absolute atomic E-state index is 12.7. The van der Waals surface area contributed by atoms with Gasteiger partial charge in [-0.05, 0) is 49.5 Å². The minimum atomic E-state index is -0.363. The van der Waals surface area contributed by atoms with Crippen molar-refractivity contribution >= 4 is 35.8 Å². The molecule has 2 aliphatic rings. The smallest absolute Gasteiger partial charge is 0.226 e. The number of carbonyl (C=O) groups excluding carboxylic acids is 2. The molecule has 0 bridgehead atoms. The molecule has 25 heavy (non-hydrogen) atoms. The lowest BCUT2D eigenvalue weighted by molar-refractivity contribution is -0.128. The molecule has 3 atom stereocenters. The fourth-order valence-corrected chi connectivity index (χ4v) is 3.92. The third-order valence-corrected chi connectivity index (χ3v) is 5.31. The van der Waals surface area contributed by atoms with Crippen molar-refractivity contribution in [3.8, 4) is 0 Å². The highest BCUT2D eigenvalue weighted by Gasteiger charge is 2.42. The normalized spacial score (nSPS) is 26.2. The molecule has 2 amide bonds. The number of halogens is 2. The lowest BCUT2D eigenvalue weighted by Gasteiger charge is -2.27. The summed E-state index contributed by atoms with van der Waals surface area (Å²) in [5.74, 6) is 0.0716. The highest BCUT2D eigenvalue weighted by Crippen LogP contribution is 2.37. The first-order chi connectivity index (χ1) is 11.6. The van der Waals surface area contributed by atoms with E-state index in [0.717, 1.165) is 31.5 Å². The average molecular weight is 386 g/mol. The van der Waals surface area contributed by atoms with Crippen LogP contribution in [0.15, 0.2) is 24.3 Å². The summed E-state index contributed by atoms with van der Waals surface area (Å²) in [4.78, 5) is 26.5. The van der Waals surface area contributed by atoms with Gasteiger partial charge in [0.15, 0.2) is 0 Å². The summed E-state index contributed by atoms with van der Waals surface area (Å²) >= 11 is 6.09. The number of likely N-dealkylation sites (tertiary alicyclic amines) is 1. The van der Waals surface area contributed by atoms with Crippen LogP contribution in [0.2, 0.25) is 5.02 Å². The second kappa shape index (κ2) is 8.88. The molecule has 3 rings (SSSR count). The van der Waals surface area contributed by atoms with Crippen LogP contribution < -0.4 is 10.6 Å². The Hall–Kier alpha value is -1.30. The summed E-state index contributed by atoms with van der Waals surface area (Å²) in [6.45, 7) is 2.67. The van der Waals surface area contributed by atoms with Gasteiger partial charge in [-0.1, -0.05) is 23.7 Å². The molecule has 3 unspecified atom stereocenters. The quantitative estimate of drug-likeness (QED) is 0.836. The third kappa shape index (κ3) is 4.66. The Balaban J connectivity index is 0.00000225. The van der Waals surface area contributed by atoms with Crippen molar-refractivity contribution in [1.82, 2.24) is 15.5 Å². The number of amides is 2. The molecule has 138 valence electrons. The monoisotopic (exact) mass is 385 g/mol. The van der Waals surface area contributed by atoms with Gasteiger partial charge in [0, 0.05) is 25.0 Å². The van der Waals surface area contributed by atoms with Crippen molar-refractivity contribution in [3.05, 3.63) is 34.9 Å². The molecule has 0 radical (unpaired) electrons. The van der Waals surface area contributed by atoms with Gasteiger partial charge in [0.2, 0.25) is 11.8 Å². The van der Waals surface area contributed by atoms with E-state index < -0.39 is 0 Å². The van der Waals surface area contributed by atoms with Gasteiger partial charge >= 0.3 is 0 Å². The zero-order valence-corrected chi connectivity index (χ0v) is 15.9. The van der Waals surface area contributed by atoms with E-state index in [-0.39, 0.29) is 42.6 Å². The minimum absolute atomic E-state index is 0. The highest BCUT2D eigenvalue weighted by molar-refractivity contribution is 6.30. The van der Waals surface area contributed by atoms with Crippen LogP contribution in [0.4, 0.5) is 0 Å². The zero-order valence-electron chi connectivity index (χ0n) is 14.3. The SMILES string of the molecule is CN1C(=O)CC(C(=O)NCC2CCCNC2)C1c1cccc(Cl)c1.Cl. The number of rotatable bonds is 4. The number of benzene rings is 1. The summed E-state index contributed by atoms with van der Waals surface area (Å²) in [6.07, 6.45) is 2.53. The van der Waals surface area contributed by atoms with E-state index in [1.54, 1.807) is 18.0 Å². The Morgan fingerprint density at radius 3 is 2.92 bits per heavy atom. The topological polar surface area (TPSA) is 61.4 Å². The molecule has 2 aliphatic heterocycles. The molecule has 0 aromatic heterocycles. The van der Waals surface area contributed by atoms with E-state index in [4.69, 9.17) is 11.6 Å². The van der Waals surface area contributed by atoms with Gasteiger partial charge in [-0.3, -0.25) is 9.59 Å². The molecule has 0 saturated carbocycles. The number of carbonyl (C=O) groups is 2. The minimum Gasteiger partial charge on any atom is -0.355 e. The van der Waals surface area contributed by atoms with Crippen molar-refractivity contribution in [2.75, 3.05) is 26.7 Å². The molecule has 7 heteroatoms. The first-order valence-electron chi connectivity index (χ1n) is 8.56. The maximum atomic E-state index is 12.7. The van der Waals surface area contributed by atoms with E-state index in [0.29, 0.717) is 17.5 Å². The van der Waals surface area contributed by atoms with Crippen LogP contribution in [-0.2, 0) is 9.59 Å². The fraction of sp³-hybridized carbons (Fsp3) is 0.556. The summed E-state index contributed by atoms with van der Waals surface area (Å²) in [6, 6.07) is 7.17. The molecule has 2 saturated heterocycles. The molecule has 2 heterocycles. The largest absolute Gasteiger partial charge is 0.355 e. The Bertz CT molecular complexity index is 620. The second-order valence-electron chi connectivity index (χ2n) is 6.77. The first kappa shape index (κ1) is 20.0. The zero-order chi connectivity index (χ0) is 17.1. The lowest BCUT2D eigenvalue weighted by Crippen LogP contribution is -2.41. The maximum Gasteiger partial charge on any atom is 0.226 e. The number of nitrogens with zero attached hydrogens (tertiary/aromatic N) is 1. The van der Waals surface area contributed by atoms with Crippen LogP contribution in [0, 0.1) is 11.8 Å². The lowest BCUT2D eigenvalue weighted by atomic mass is 9.92. The van der Waals surface area contributed by atoms with Crippen molar-refractivity contribution < 1.29 is 9.59 Å². The molecule has 0 spiro atoms. The van der Waals surface area contributed by atoms with Crippen LogP contribution in [0.3, 0.4) is 0 Å². The predicted molar refractivity (Wildman–Crippen MR) is 101 cm³/mol. The van der Waals surface area contributed by atoms with Crippen LogP contribution in [0.25, 0.3) is 0 Å². The summed E-state index contributed by atoms with van der Waals surface area (Å²) < 4.78 is 0. The summed E-state index contributed by atoms with van der Waals surface area (Å²) in [5.41, 5.74) is 0.912. The van der Waals surface area contributed by atoms with Gasteiger partial charge in [0.1, 0.15) is 0 Å². The van der Waals surface area contributed by atoms with Gasteiger partial charge in [-0.25, -0.2) is 0 Å². The fourth-order valence-electron chi connectivity index (χ4n) is 3.73. The second-order valence-corrected chi connectivity index (χ2v) is 7.21. The number of hydrogen-bond donors (Lipinski definition) is 2. The van der Waals surface area contributed by atoms with Crippen molar-refractivity contribution in [3.63, 3.8) is 0 Å². The third-order valence-electron chi connectivity index (χ3n) is 5.08. The van der Waals surface area contributed by atoms with Crippen molar-refractivity contribution in [2.24, 2.45) is 11.8 Å². The van der Waals surface area contributed by atoms with Crippen LogP contribution in [0.1, 0.15) is 30.9 Å².